The summed E-state index contributed by atoms with van der Waals surface area (Å²) in [5.74, 6) is -2.64. The first kappa shape index (κ1) is 22.4. The second-order valence-corrected chi connectivity index (χ2v) is 8.36. The van der Waals surface area contributed by atoms with Crippen LogP contribution in [0.15, 0.2) is 36.7 Å². The van der Waals surface area contributed by atoms with Gasteiger partial charge in [-0.05, 0) is 37.0 Å². The number of benzene rings is 1. The molecular weight excluding hydrogens is 427 g/mol. The average molecular weight is 452 g/mol. The predicted octanol–water partition coefficient (Wildman–Crippen LogP) is 3.07. The van der Waals surface area contributed by atoms with E-state index in [0.29, 0.717) is 24.1 Å². The summed E-state index contributed by atoms with van der Waals surface area (Å²) in [5.41, 5.74) is 6.82. The number of carbonyl (C=O) groups excluding carboxylic acids is 3. The Kier molecular flexibility index (Phi) is 6.34. The number of aromatic nitrogens is 4. The summed E-state index contributed by atoms with van der Waals surface area (Å²) in [7, 11) is 1.62. The zero-order chi connectivity index (χ0) is 23.5. The number of hydrogen-bond acceptors (Lipinski definition) is 5. The van der Waals surface area contributed by atoms with E-state index in [4.69, 9.17) is 5.73 Å². The Morgan fingerprint density at radius 2 is 2.03 bits per heavy atom. The Morgan fingerprint density at radius 3 is 2.73 bits per heavy atom. The smallest absolute Gasteiger partial charge is 0.271 e. The molecule has 0 radical (unpaired) electrons. The third kappa shape index (κ3) is 4.84. The Bertz CT molecular complexity index is 1190. The minimum atomic E-state index is -0.740. The monoisotopic (exact) mass is 452 g/mol. The Labute approximate surface area is 189 Å². The number of nitrogens with two attached hydrogens (primary N) is 1. The summed E-state index contributed by atoms with van der Waals surface area (Å²) in [6.07, 6.45) is 6.18. The van der Waals surface area contributed by atoms with Crippen LogP contribution in [0, 0.1) is 17.7 Å². The van der Waals surface area contributed by atoms with E-state index in [1.54, 1.807) is 25.4 Å². The van der Waals surface area contributed by atoms with Crippen molar-refractivity contribution in [2.75, 3.05) is 5.32 Å². The molecule has 4 N–H and O–H groups in total. The van der Waals surface area contributed by atoms with Gasteiger partial charge >= 0.3 is 0 Å². The highest BCUT2D eigenvalue weighted by atomic mass is 19.1. The van der Waals surface area contributed by atoms with Gasteiger partial charge in [0.1, 0.15) is 5.82 Å². The number of nitrogens with zero attached hydrogens (tertiary/aromatic N) is 3. The number of rotatable bonds is 7. The number of carbonyl (C=O) groups is 3. The summed E-state index contributed by atoms with van der Waals surface area (Å²) < 4.78 is 16.1. The fraction of sp³-hybridized carbons (Fsp3) is 0.348. The molecule has 0 bridgehead atoms. The van der Waals surface area contributed by atoms with Gasteiger partial charge in [0.05, 0.1) is 16.9 Å². The quantitative estimate of drug-likeness (QED) is 0.473. The molecule has 2 heterocycles. The molecule has 1 fully saturated rings. The number of Topliss-reactive ketones (excluding diaryl/α,β-unsaturated/α-hetero) is 1. The highest BCUT2D eigenvalue weighted by molar-refractivity contribution is 6.02. The van der Waals surface area contributed by atoms with Crippen LogP contribution >= 0.6 is 0 Å². The number of primary amides is 1. The lowest BCUT2D eigenvalue weighted by Crippen LogP contribution is -2.33. The van der Waals surface area contributed by atoms with Crippen molar-refractivity contribution in [1.82, 2.24) is 20.0 Å². The van der Waals surface area contributed by atoms with Crippen LogP contribution in [0.3, 0.4) is 0 Å². The van der Waals surface area contributed by atoms with Crippen molar-refractivity contribution >= 4 is 23.3 Å². The first-order chi connectivity index (χ1) is 15.8. The average Bonchev–Trinajstić information content (AvgIpc) is 3.44. The molecule has 2 aromatic heterocycles. The lowest BCUT2D eigenvalue weighted by molar-refractivity contribution is -0.122. The molecule has 1 saturated carbocycles. The van der Waals surface area contributed by atoms with Crippen LogP contribution in [0.5, 0.6) is 0 Å². The largest absolute Gasteiger partial charge is 0.364 e. The standard InChI is InChI=1S/C23H25FN6O3/c1-30-12-19(21(29-30)22(25)32)27-23(33)15-5-3-2-4-13(15)11-20(31)16-7-6-14(10-17(16)24)18-8-9-26-28-18/h6-10,12-13,15H,2-5,11H2,1H3,(H2,25,32)(H,26,28)(H,27,33). The first-order valence-electron chi connectivity index (χ1n) is 10.8. The van der Waals surface area contributed by atoms with Crippen LogP contribution in [0.4, 0.5) is 10.1 Å². The molecular formula is C23H25FN6O3. The summed E-state index contributed by atoms with van der Waals surface area (Å²) >= 11 is 0. The van der Waals surface area contributed by atoms with E-state index >= 15 is 0 Å². The minimum Gasteiger partial charge on any atom is -0.364 e. The van der Waals surface area contributed by atoms with Gasteiger partial charge in [0.2, 0.25) is 5.91 Å². The maximum Gasteiger partial charge on any atom is 0.271 e. The molecule has 172 valence electrons. The molecule has 0 saturated heterocycles. The molecule has 1 aliphatic rings. The molecule has 2 unspecified atom stereocenters. The van der Waals surface area contributed by atoms with E-state index in [0.717, 1.165) is 12.8 Å². The number of aryl methyl sites for hydroxylation is 1. The highest BCUT2D eigenvalue weighted by Crippen LogP contribution is 2.35. The van der Waals surface area contributed by atoms with Gasteiger partial charge in [-0.1, -0.05) is 18.9 Å². The van der Waals surface area contributed by atoms with Gasteiger partial charge in [-0.25, -0.2) is 4.39 Å². The summed E-state index contributed by atoms with van der Waals surface area (Å²) in [6.45, 7) is 0. The van der Waals surface area contributed by atoms with Crippen molar-refractivity contribution in [2.45, 2.75) is 32.1 Å². The van der Waals surface area contributed by atoms with Crippen LogP contribution < -0.4 is 11.1 Å². The van der Waals surface area contributed by atoms with Crippen LogP contribution in [0.1, 0.15) is 53.0 Å². The molecule has 0 aliphatic heterocycles. The number of anilines is 1. The van der Waals surface area contributed by atoms with Crippen molar-refractivity contribution in [3.63, 3.8) is 0 Å². The van der Waals surface area contributed by atoms with Gasteiger partial charge in [0, 0.05) is 37.3 Å². The van der Waals surface area contributed by atoms with E-state index in [9.17, 15) is 18.8 Å². The zero-order valence-corrected chi connectivity index (χ0v) is 18.2. The molecule has 0 spiro atoms. The molecule has 2 atom stereocenters. The zero-order valence-electron chi connectivity index (χ0n) is 18.2. The predicted molar refractivity (Wildman–Crippen MR) is 119 cm³/mol. The topological polar surface area (TPSA) is 136 Å². The minimum absolute atomic E-state index is 0.00581. The third-order valence-corrected chi connectivity index (χ3v) is 6.09. The fourth-order valence-corrected chi connectivity index (χ4v) is 4.46. The maximum atomic E-state index is 14.7. The van der Waals surface area contributed by atoms with Gasteiger partial charge < -0.3 is 11.1 Å². The molecule has 3 aromatic rings. The normalized spacial score (nSPS) is 18.1. The van der Waals surface area contributed by atoms with Crippen molar-refractivity contribution in [3.8, 4) is 11.3 Å². The molecule has 4 rings (SSSR count). The number of halogens is 1. The third-order valence-electron chi connectivity index (χ3n) is 6.09. The van der Waals surface area contributed by atoms with Crippen LogP contribution in [-0.2, 0) is 11.8 Å². The molecule has 10 heteroatoms. The second-order valence-electron chi connectivity index (χ2n) is 8.36. The van der Waals surface area contributed by atoms with E-state index in [2.05, 4.69) is 20.6 Å². The SMILES string of the molecule is Cn1cc(NC(=O)C2CCCCC2CC(=O)c2ccc(-c3ccn[nH]3)cc2F)c(C(N)=O)n1. The highest BCUT2D eigenvalue weighted by Gasteiger charge is 2.33. The Morgan fingerprint density at radius 1 is 1.24 bits per heavy atom. The van der Waals surface area contributed by atoms with Crippen LogP contribution in [0.25, 0.3) is 11.3 Å². The first-order valence-corrected chi connectivity index (χ1v) is 10.8. The Hall–Kier alpha value is -3.82. The van der Waals surface area contributed by atoms with Gasteiger partial charge in [0.15, 0.2) is 11.5 Å². The van der Waals surface area contributed by atoms with Gasteiger partial charge in [-0.15, -0.1) is 0 Å². The second kappa shape index (κ2) is 9.35. The molecule has 1 aromatic carbocycles. The number of aromatic amines is 1. The Balaban J connectivity index is 1.48. The van der Waals surface area contributed by atoms with E-state index in [1.807, 2.05) is 0 Å². The van der Waals surface area contributed by atoms with Crippen LogP contribution in [0.2, 0.25) is 0 Å². The van der Waals surface area contributed by atoms with E-state index < -0.39 is 17.6 Å². The molecule has 1 aliphatic carbocycles. The molecule has 2 amide bonds. The molecule has 9 nitrogen and oxygen atoms in total. The van der Waals surface area contributed by atoms with Crippen molar-refractivity contribution in [2.24, 2.45) is 24.6 Å². The van der Waals surface area contributed by atoms with Crippen molar-refractivity contribution in [3.05, 3.63) is 53.7 Å². The lowest BCUT2D eigenvalue weighted by Gasteiger charge is -2.30. The number of hydrogen-bond donors (Lipinski definition) is 3. The van der Waals surface area contributed by atoms with E-state index in [1.165, 1.54) is 23.0 Å². The summed E-state index contributed by atoms with van der Waals surface area (Å²) in [6, 6.07) is 6.16. The maximum absolute atomic E-state index is 14.7. The summed E-state index contributed by atoms with van der Waals surface area (Å²) in [5, 5.41) is 13.3. The van der Waals surface area contributed by atoms with Gasteiger partial charge in [-0.3, -0.25) is 24.2 Å². The van der Waals surface area contributed by atoms with Gasteiger partial charge in [0.25, 0.3) is 5.91 Å². The van der Waals surface area contributed by atoms with Crippen molar-refractivity contribution in [1.29, 1.82) is 0 Å². The lowest BCUT2D eigenvalue weighted by atomic mass is 9.75. The van der Waals surface area contributed by atoms with Crippen LogP contribution in [-0.4, -0.2) is 37.6 Å². The summed E-state index contributed by atoms with van der Waals surface area (Å²) in [4.78, 5) is 37.6. The fourth-order valence-electron chi connectivity index (χ4n) is 4.46. The van der Waals surface area contributed by atoms with Gasteiger partial charge in [-0.2, -0.15) is 10.2 Å². The number of nitrogens with one attached hydrogen (secondary N) is 2. The number of amides is 2. The van der Waals surface area contributed by atoms with Crippen molar-refractivity contribution < 1.29 is 18.8 Å². The molecule has 33 heavy (non-hydrogen) atoms. The number of ketones is 1. The van der Waals surface area contributed by atoms with E-state index in [-0.39, 0.29) is 41.0 Å². The number of H-pyrrole nitrogens is 1.